The maximum atomic E-state index is 11.3. The van der Waals surface area contributed by atoms with Crippen LogP contribution in [0.3, 0.4) is 0 Å². The number of nitrogens with zero attached hydrogens (tertiary/aromatic N) is 2. The Bertz CT molecular complexity index is 509. The van der Waals surface area contributed by atoms with Gasteiger partial charge in [0.05, 0.1) is 5.71 Å². The van der Waals surface area contributed by atoms with Crippen LogP contribution in [0.5, 0.6) is 0 Å². The number of aromatic nitrogens is 1. The van der Waals surface area contributed by atoms with Gasteiger partial charge in [0, 0.05) is 11.3 Å². The lowest BCUT2D eigenvalue weighted by Gasteiger charge is -2.06. The van der Waals surface area contributed by atoms with Gasteiger partial charge in [-0.2, -0.15) is 5.26 Å². The van der Waals surface area contributed by atoms with Crippen molar-refractivity contribution >= 4 is 5.71 Å². The summed E-state index contributed by atoms with van der Waals surface area (Å²) in [7, 11) is 1.46. The van der Waals surface area contributed by atoms with Crippen molar-refractivity contribution in [3.8, 4) is 6.07 Å². The van der Waals surface area contributed by atoms with Gasteiger partial charge in [-0.15, -0.1) is 0 Å². The molecule has 1 aromatic heterocycles. The monoisotopic (exact) mass is 219 g/mol. The van der Waals surface area contributed by atoms with Gasteiger partial charge in [-0.25, -0.2) is 0 Å². The Morgan fingerprint density at radius 1 is 1.69 bits per heavy atom. The molecular formula is C11H13N3O2. The Balaban J connectivity index is 3.40. The molecule has 0 aliphatic rings. The van der Waals surface area contributed by atoms with Crippen LogP contribution >= 0.6 is 0 Å². The smallest absolute Gasteiger partial charge is 0.266 e. The van der Waals surface area contributed by atoms with Gasteiger partial charge < -0.3 is 9.82 Å². The highest BCUT2D eigenvalue weighted by atomic mass is 16.6. The van der Waals surface area contributed by atoms with Gasteiger partial charge in [0.15, 0.2) is 0 Å². The van der Waals surface area contributed by atoms with E-state index < -0.39 is 0 Å². The summed E-state index contributed by atoms with van der Waals surface area (Å²) in [6.45, 7) is 3.69. The van der Waals surface area contributed by atoms with Gasteiger partial charge in [-0.05, 0) is 19.4 Å². The van der Waals surface area contributed by atoms with Crippen LogP contribution in [0.2, 0.25) is 0 Å². The van der Waals surface area contributed by atoms with Gasteiger partial charge in [0.2, 0.25) is 0 Å². The molecule has 0 atom stereocenters. The number of pyridine rings is 1. The number of hydrogen-bond acceptors (Lipinski definition) is 4. The second-order valence-corrected chi connectivity index (χ2v) is 3.24. The molecule has 0 radical (unpaired) electrons. The fraction of sp³-hybridized carbons (Fsp3) is 0.364. The first-order valence-electron chi connectivity index (χ1n) is 4.88. The van der Waals surface area contributed by atoms with Crippen molar-refractivity contribution in [1.29, 1.82) is 5.26 Å². The van der Waals surface area contributed by atoms with Gasteiger partial charge in [-0.1, -0.05) is 12.1 Å². The first kappa shape index (κ1) is 12.0. The quantitative estimate of drug-likeness (QED) is 0.615. The van der Waals surface area contributed by atoms with Crippen molar-refractivity contribution in [2.75, 3.05) is 7.11 Å². The van der Waals surface area contributed by atoms with E-state index in [1.165, 1.54) is 13.2 Å². The van der Waals surface area contributed by atoms with Crippen molar-refractivity contribution in [2.24, 2.45) is 5.16 Å². The van der Waals surface area contributed by atoms with E-state index in [2.05, 4.69) is 10.1 Å². The minimum Gasteiger partial charge on any atom is -0.399 e. The summed E-state index contributed by atoms with van der Waals surface area (Å²) in [6.07, 6.45) is 0.658. The van der Waals surface area contributed by atoms with Crippen LogP contribution in [0.15, 0.2) is 16.0 Å². The van der Waals surface area contributed by atoms with E-state index in [1.54, 1.807) is 6.92 Å². The molecule has 1 rings (SSSR count). The van der Waals surface area contributed by atoms with Crippen LogP contribution < -0.4 is 5.56 Å². The summed E-state index contributed by atoms with van der Waals surface area (Å²) in [5, 5.41) is 12.6. The molecule has 0 aliphatic carbocycles. The molecule has 0 spiro atoms. The number of aryl methyl sites for hydroxylation is 1. The SMILES string of the molecule is CCC(=NOC)c1cc(C#N)c(=O)[nH]c1C. The van der Waals surface area contributed by atoms with E-state index in [4.69, 9.17) is 10.1 Å². The van der Waals surface area contributed by atoms with E-state index in [-0.39, 0.29) is 11.1 Å². The number of nitrogens with one attached hydrogen (secondary N) is 1. The zero-order valence-electron chi connectivity index (χ0n) is 9.50. The Labute approximate surface area is 93.4 Å². The molecule has 1 N–H and O–H groups in total. The number of aromatic amines is 1. The van der Waals surface area contributed by atoms with Gasteiger partial charge >= 0.3 is 0 Å². The zero-order valence-corrected chi connectivity index (χ0v) is 9.50. The largest absolute Gasteiger partial charge is 0.399 e. The summed E-state index contributed by atoms with van der Waals surface area (Å²) in [6, 6.07) is 3.38. The number of nitriles is 1. The van der Waals surface area contributed by atoms with Crippen LogP contribution in [0.25, 0.3) is 0 Å². The van der Waals surface area contributed by atoms with E-state index in [0.29, 0.717) is 17.8 Å². The zero-order chi connectivity index (χ0) is 12.1. The lowest BCUT2D eigenvalue weighted by Crippen LogP contribution is -2.16. The van der Waals surface area contributed by atoms with E-state index in [9.17, 15) is 4.79 Å². The Morgan fingerprint density at radius 3 is 2.88 bits per heavy atom. The van der Waals surface area contributed by atoms with E-state index >= 15 is 0 Å². The third-order valence-corrected chi connectivity index (χ3v) is 2.21. The van der Waals surface area contributed by atoms with Crippen LogP contribution in [-0.4, -0.2) is 17.8 Å². The topological polar surface area (TPSA) is 78.2 Å². The molecule has 0 fully saturated rings. The maximum Gasteiger partial charge on any atom is 0.266 e. The average molecular weight is 219 g/mol. The van der Waals surface area contributed by atoms with Crippen molar-refractivity contribution in [1.82, 2.24) is 4.98 Å². The summed E-state index contributed by atoms with van der Waals surface area (Å²) >= 11 is 0. The lowest BCUT2D eigenvalue weighted by molar-refractivity contribution is 0.213. The number of H-pyrrole nitrogens is 1. The second kappa shape index (κ2) is 5.12. The molecule has 1 aromatic rings. The van der Waals surface area contributed by atoms with Crippen molar-refractivity contribution in [3.63, 3.8) is 0 Å². The fourth-order valence-corrected chi connectivity index (χ4v) is 1.42. The predicted octanol–water partition coefficient (Wildman–Crippen LogP) is 1.32. The van der Waals surface area contributed by atoms with Crippen molar-refractivity contribution < 1.29 is 4.84 Å². The number of rotatable bonds is 3. The molecule has 0 saturated heterocycles. The number of hydrogen-bond donors (Lipinski definition) is 1. The molecule has 0 bridgehead atoms. The molecule has 5 nitrogen and oxygen atoms in total. The van der Waals surface area contributed by atoms with Gasteiger partial charge in [0.1, 0.15) is 18.7 Å². The third kappa shape index (κ3) is 2.28. The fourth-order valence-electron chi connectivity index (χ4n) is 1.42. The van der Waals surface area contributed by atoms with Crippen LogP contribution in [0.4, 0.5) is 0 Å². The lowest BCUT2D eigenvalue weighted by atomic mass is 10.0. The minimum atomic E-state index is -0.378. The molecular weight excluding hydrogens is 206 g/mol. The third-order valence-electron chi connectivity index (χ3n) is 2.21. The first-order valence-corrected chi connectivity index (χ1v) is 4.88. The summed E-state index contributed by atoms with van der Waals surface area (Å²) < 4.78 is 0. The van der Waals surface area contributed by atoms with Crippen LogP contribution in [0, 0.1) is 18.3 Å². The van der Waals surface area contributed by atoms with Crippen LogP contribution in [0.1, 0.15) is 30.2 Å². The predicted molar refractivity (Wildman–Crippen MR) is 60.4 cm³/mol. The van der Waals surface area contributed by atoms with E-state index in [0.717, 1.165) is 5.56 Å². The second-order valence-electron chi connectivity index (χ2n) is 3.24. The highest BCUT2D eigenvalue weighted by molar-refractivity contribution is 6.01. The number of oxime groups is 1. The Morgan fingerprint density at radius 2 is 2.38 bits per heavy atom. The summed E-state index contributed by atoms with van der Waals surface area (Å²) in [4.78, 5) is 18.7. The highest BCUT2D eigenvalue weighted by Crippen LogP contribution is 2.09. The molecule has 0 aliphatic heterocycles. The molecule has 1 heterocycles. The van der Waals surface area contributed by atoms with Gasteiger partial charge in [0.25, 0.3) is 5.56 Å². The molecule has 0 unspecified atom stereocenters. The maximum absolute atomic E-state index is 11.3. The summed E-state index contributed by atoms with van der Waals surface area (Å²) in [5.74, 6) is 0. The molecule has 16 heavy (non-hydrogen) atoms. The molecule has 0 amide bonds. The van der Waals surface area contributed by atoms with Crippen LogP contribution in [-0.2, 0) is 4.84 Å². The molecule has 0 aromatic carbocycles. The van der Waals surface area contributed by atoms with E-state index in [1.807, 2.05) is 13.0 Å². The van der Waals surface area contributed by atoms with Crippen molar-refractivity contribution in [2.45, 2.75) is 20.3 Å². The Kier molecular flexibility index (Phi) is 3.84. The first-order chi connectivity index (χ1) is 7.63. The average Bonchev–Trinajstić information content (AvgIpc) is 2.27. The normalized spacial score (nSPS) is 11.0. The molecule has 0 saturated carbocycles. The summed E-state index contributed by atoms with van der Waals surface area (Å²) in [5.41, 5.74) is 1.82. The Hall–Kier alpha value is -2.09. The molecule has 5 heteroatoms. The highest BCUT2D eigenvalue weighted by Gasteiger charge is 2.10. The van der Waals surface area contributed by atoms with Crippen molar-refractivity contribution in [3.05, 3.63) is 33.2 Å². The molecule has 84 valence electrons. The standard InChI is InChI=1S/C11H13N3O2/c1-4-10(14-16-3)9-5-8(6-12)11(15)13-7(9)2/h5H,4H2,1-3H3,(H,13,15). The van der Waals surface area contributed by atoms with Gasteiger partial charge in [-0.3, -0.25) is 4.79 Å². The minimum absolute atomic E-state index is 0.0813.